The Balaban J connectivity index is 3.28. The quantitative estimate of drug-likeness (QED) is 0.548. The summed E-state index contributed by atoms with van der Waals surface area (Å²) in [6.07, 6.45) is 3.18. The van der Waals surface area contributed by atoms with Crippen molar-refractivity contribution in [3.8, 4) is 0 Å². The molecule has 13 heavy (non-hydrogen) atoms. The van der Waals surface area contributed by atoms with E-state index in [2.05, 4.69) is 0 Å². The summed E-state index contributed by atoms with van der Waals surface area (Å²) in [5, 5.41) is 0. The van der Waals surface area contributed by atoms with Crippen molar-refractivity contribution in [2.45, 2.75) is 18.2 Å². The Morgan fingerprint density at radius 1 is 1.54 bits per heavy atom. The van der Waals surface area contributed by atoms with Crippen molar-refractivity contribution in [3.63, 3.8) is 0 Å². The first-order valence-corrected chi connectivity index (χ1v) is 5.27. The average Bonchev–Trinajstić information content (AvgIpc) is 2.18. The Morgan fingerprint density at radius 3 is 2.69 bits per heavy atom. The van der Waals surface area contributed by atoms with Gasteiger partial charge in [-0.1, -0.05) is 6.92 Å². The Morgan fingerprint density at radius 2 is 2.23 bits per heavy atom. The number of rotatable bonds is 3. The van der Waals surface area contributed by atoms with Gasteiger partial charge >= 0.3 is 0 Å². The predicted molar refractivity (Wildman–Crippen MR) is 52.9 cm³/mol. The standard InChI is InChI=1S/C10H11FOS/c1-3-7-4-8(6-12)10(11)9(5-7)13-2/h4-6H,3H2,1-2H3. The summed E-state index contributed by atoms with van der Waals surface area (Å²) in [5.74, 6) is -0.403. The van der Waals surface area contributed by atoms with Crippen molar-refractivity contribution in [1.29, 1.82) is 0 Å². The Labute approximate surface area is 81.3 Å². The van der Waals surface area contributed by atoms with Gasteiger partial charge in [0.05, 0.1) is 5.56 Å². The maximum atomic E-state index is 13.3. The zero-order valence-corrected chi connectivity index (χ0v) is 8.45. The fraction of sp³-hybridized carbons (Fsp3) is 0.300. The average molecular weight is 198 g/mol. The van der Waals surface area contributed by atoms with Gasteiger partial charge in [0.25, 0.3) is 0 Å². The molecule has 0 aromatic heterocycles. The van der Waals surface area contributed by atoms with Crippen LogP contribution in [0, 0.1) is 5.82 Å². The van der Waals surface area contributed by atoms with Crippen molar-refractivity contribution in [3.05, 3.63) is 29.1 Å². The minimum Gasteiger partial charge on any atom is -0.298 e. The van der Waals surface area contributed by atoms with Crippen molar-refractivity contribution in [2.24, 2.45) is 0 Å². The minimum absolute atomic E-state index is 0.156. The summed E-state index contributed by atoms with van der Waals surface area (Å²) < 4.78 is 13.3. The first kappa shape index (κ1) is 10.3. The van der Waals surface area contributed by atoms with Gasteiger partial charge in [-0.2, -0.15) is 0 Å². The predicted octanol–water partition coefficient (Wildman–Crippen LogP) is 2.92. The molecule has 0 heterocycles. The first-order valence-electron chi connectivity index (χ1n) is 4.04. The smallest absolute Gasteiger partial charge is 0.153 e. The van der Waals surface area contributed by atoms with Crippen LogP contribution >= 0.6 is 11.8 Å². The van der Waals surface area contributed by atoms with Crippen LogP contribution < -0.4 is 0 Å². The number of aryl methyl sites for hydroxylation is 1. The lowest BCUT2D eigenvalue weighted by Gasteiger charge is -2.04. The summed E-state index contributed by atoms with van der Waals surface area (Å²) in [6.45, 7) is 1.98. The van der Waals surface area contributed by atoms with Crippen LogP contribution in [0.4, 0.5) is 4.39 Å². The second-order valence-electron chi connectivity index (χ2n) is 2.67. The summed E-state index contributed by atoms with van der Waals surface area (Å²) >= 11 is 1.32. The molecular formula is C10H11FOS. The third-order valence-electron chi connectivity index (χ3n) is 1.88. The molecule has 0 spiro atoms. The largest absolute Gasteiger partial charge is 0.298 e. The molecule has 0 unspecified atom stereocenters. The second kappa shape index (κ2) is 4.42. The molecule has 1 aromatic carbocycles. The van der Waals surface area contributed by atoms with Crippen molar-refractivity contribution in [2.75, 3.05) is 6.26 Å². The van der Waals surface area contributed by atoms with Gasteiger partial charge in [-0.15, -0.1) is 11.8 Å². The molecule has 0 saturated carbocycles. The second-order valence-corrected chi connectivity index (χ2v) is 3.52. The van der Waals surface area contributed by atoms with Gasteiger partial charge in [-0.05, 0) is 30.4 Å². The van der Waals surface area contributed by atoms with Crippen LogP contribution in [0.25, 0.3) is 0 Å². The van der Waals surface area contributed by atoms with Gasteiger partial charge < -0.3 is 0 Å². The highest BCUT2D eigenvalue weighted by Gasteiger charge is 2.08. The van der Waals surface area contributed by atoms with Crippen molar-refractivity contribution in [1.82, 2.24) is 0 Å². The van der Waals surface area contributed by atoms with Gasteiger partial charge in [0.2, 0.25) is 0 Å². The summed E-state index contributed by atoms with van der Waals surface area (Å²) in [4.78, 5) is 11.1. The number of carbonyl (C=O) groups excluding carboxylic acids is 1. The number of aldehydes is 1. The van der Waals surface area contributed by atoms with Gasteiger partial charge in [0.1, 0.15) is 5.82 Å². The van der Waals surface area contributed by atoms with E-state index in [-0.39, 0.29) is 5.56 Å². The van der Waals surface area contributed by atoms with E-state index < -0.39 is 5.82 Å². The molecule has 0 saturated heterocycles. The lowest BCUT2D eigenvalue weighted by Crippen LogP contribution is -1.93. The molecule has 0 radical (unpaired) electrons. The van der Waals surface area contributed by atoms with Gasteiger partial charge in [-0.3, -0.25) is 4.79 Å². The molecular weight excluding hydrogens is 187 g/mol. The summed E-state index contributed by atoms with van der Waals surface area (Å²) in [6, 6.07) is 3.38. The molecule has 1 nitrogen and oxygen atoms in total. The maximum absolute atomic E-state index is 13.3. The highest BCUT2D eigenvalue weighted by Crippen LogP contribution is 2.23. The number of halogens is 1. The minimum atomic E-state index is -0.403. The first-order chi connectivity index (χ1) is 6.22. The van der Waals surface area contributed by atoms with Crippen LogP contribution in [-0.2, 0) is 6.42 Å². The molecule has 0 aliphatic heterocycles. The Kier molecular flexibility index (Phi) is 3.48. The molecule has 70 valence electrons. The highest BCUT2D eigenvalue weighted by atomic mass is 32.2. The number of carbonyl (C=O) groups is 1. The molecule has 1 aromatic rings. The number of benzene rings is 1. The molecule has 0 aliphatic rings. The monoisotopic (exact) mass is 198 g/mol. The van der Waals surface area contributed by atoms with Crippen LogP contribution in [0.15, 0.2) is 17.0 Å². The Bertz CT molecular complexity index is 323. The third-order valence-corrected chi connectivity index (χ3v) is 2.62. The lowest BCUT2D eigenvalue weighted by molar-refractivity contribution is 0.111. The van der Waals surface area contributed by atoms with Crippen LogP contribution in [-0.4, -0.2) is 12.5 Å². The summed E-state index contributed by atoms with van der Waals surface area (Å²) in [7, 11) is 0. The van der Waals surface area contributed by atoms with Crippen LogP contribution in [0.1, 0.15) is 22.8 Å². The molecule has 0 atom stereocenters. The van der Waals surface area contributed by atoms with Crippen LogP contribution in [0.3, 0.4) is 0 Å². The van der Waals surface area contributed by atoms with Gasteiger partial charge in [0, 0.05) is 4.90 Å². The van der Waals surface area contributed by atoms with E-state index in [1.54, 1.807) is 18.4 Å². The molecule has 0 amide bonds. The van der Waals surface area contributed by atoms with E-state index in [4.69, 9.17) is 0 Å². The summed E-state index contributed by atoms with van der Waals surface area (Å²) in [5.41, 5.74) is 1.15. The third kappa shape index (κ3) is 2.10. The topological polar surface area (TPSA) is 17.1 Å². The number of hydrogen-bond donors (Lipinski definition) is 0. The van der Waals surface area contributed by atoms with E-state index >= 15 is 0 Å². The van der Waals surface area contributed by atoms with Crippen LogP contribution in [0.2, 0.25) is 0 Å². The van der Waals surface area contributed by atoms with E-state index in [9.17, 15) is 9.18 Å². The maximum Gasteiger partial charge on any atom is 0.153 e. The number of hydrogen-bond acceptors (Lipinski definition) is 2. The fourth-order valence-electron chi connectivity index (χ4n) is 1.12. The van der Waals surface area contributed by atoms with E-state index in [1.165, 1.54) is 11.8 Å². The molecule has 3 heteroatoms. The van der Waals surface area contributed by atoms with Crippen molar-refractivity contribution < 1.29 is 9.18 Å². The van der Waals surface area contributed by atoms with Gasteiger partial charge in [0.15, 0.2) is 6.29 Å². The molecule has 1 rings (SSSR count). The fourth-order valence-corrected chi connectivity index (χ4v) is 1.68. The SMILES string of the molecule is CCc1cc(C=O)c(F)c(SC)c1. The normalized spacial score (nSPS) is 10.1. The molecule has 0 aliphatic carbocycles. The highest BCUT2D eigenvalue weighted by molar-refractivity contribution is 7.98. The molecule has 0 bridgehead atoms. The van der Waals surface area contributed by atoms with Gasteiger partial charge in [-0.25, -0.2) is 4.39 Å². The van der Waals surface area contributed by atoms with Crippen LogP contribution in [0.5, 0.6) is 0 Å². The van der Waals surface area contributed by atoms with Crippen molar-refractivity contribution >= 4 is 18.0 Å². The molecule has 0 fully saturated rings. The number of thioether (sulfide) groups is 1. The van der Waals surface area contributed by atoms with E-state index in [0.29, 0.717) is 11.2 Å². The molecule has 0 N–H and O–H groups in total. The van der Waals surface area contributed by atoms with E-state index in [1.807, 2.05) is 6.92 Å². The Hall–Kier alpha value is -0.830. The van der Waals surface area contributed by atoms with E-state index in [0.717, 1.165) is 12.0 Å². The zero-order valence-electron chi connectivity index (χ0n) is 7.63. The zero-order chi connectivity index (χ0) is 9.84. The lowest BCUT2D eigenvalue weighted by atomic mass is 10.1.